The van der Waals surface area contributed by atoms with Crippen molar-refractivity contribution in [1.82, 2.24) is 24.8 Å². The summed E-state index contributed by atoms with van der Waals surface area (Å²) >= 11 is 1.45. The van der Waals surface area contributed by atoms with E-state index < -0.39 is 0 Å². The summed E-state index contributed by atoms with van der Waals surface area (Å²) in [5.74, 6) is -0.212. The molecular weight excluding hydrogens is 390 g/mol. The summed E-state index contributed by atoms with van der Waals surface area (Å²) in [6.07, 6.45) is 6.21. The molecule has 1 aliphatic heterocycles. The second-order valence-corrected chi connectivity index (χ2v) is 8.62. The van der Waals surface area contributed by atoms with E-state index in [9.17, 15) is 9.59 Å². The first-order valence-electron chi connectivity index (χ1n) is 10.0. The van der Waals surface area contributed by atoms with Gasteiger partial charge in [0, 0.05) is 44.5 Å². The van der Waals surface area contributed by atoms with Gasteiger partial charge in [0.15, 0.2) is 0 Å². The number of imidazole rings is 1. The summed E-state index contributed by atoms with van der Waals surface area (Å²) in [6, 6.07) is 0. The molecule has 3 heterocycles. The molecule has 0 radical (unpaired) electrons. The highest BCUT2D eigenvalue weighted by atomic mass is 32.1. The number of aryl methyl sites for hydroxylation is 2. The maximum Gasteiger partial charge on any atom is 0.265 e. The van der Waals surface area contributed by atoms with Crippen LogP contribution < -0.4 is 5.32 Å². The molecule has 1 atom stereocenters. The molecule has 2 amide bonds. The molecule has 3 rings (SSSR count). The lowest BCUT2D eigenvalue weighted by atomic mass is 10.1. The van der Waals surface area contributed by atoms with Crippen LogP contribution in [0.4, 0.5) is 0 Å². The molecule has 9 heteroatoms. The summed E-state index contributed by atoms with van der Waals surface area (Å²) in [4.78, 5) is 36.6. The first-order chi connectivity index (χ1) is 14.0. The first-order valence-corrected chi connectivity index (χ1v) is 10.8. The molecule has 2 aromatic rings. The van der Waals surface area contributed by atoms with Gasteiger partial charge in [0.1, 0.15) is 4.88 Å². The van der Waals surface area contributed by atoms with Crippen molar-refractivity contribution in [3.05, 3.63) is 34.3 Å². The minimum Gasteiger partial charge on any atom is -0.379 e. The monoisotopic (exact) mass is 419 g/mol. The van der Waals surface area contributed by atoms with Crippen LogP contribution in [-0.4, -0.2) is 64.1 Å². The Morgan fingerprint density at radius 1 is 1.41 bits per heavy atom. The average Bonchev–Trinajstić information content (AvgIpc) is 3.28. The molecule has 1 fully saturated rings. The zero-order valence-corrected chi connectivity index (χ0v) is 18.1. The fourth-order valence-electron chi connectivity index (χ4n) is 3.20. The second-order valence-electron chi connectivity index (χ2n) is 7.59. The lowest BCUT2D eigenvalue weighted by Gasteiger charge is -2.23. The molecule has 0 spiro atoms. The van der Waals surface area contributed by atoms with Crippen LogP contribution in [-0.2, 0) is 16.1 Å². The quantitative estimate of drug-likeness (QED) is 0.694. The Morgan fingerprint density at radius 3 is 2.93 bits per heavy atom. The SMILES string of the molecule is Cc1nc(C(C)C)sc1C(=O)N1CCOCC(C(=O)NCCCn2ccnc2)C1. The number of ether oxygens (including phenoxy) is 1. The van der Waals surface area contributed by atoms with Crippen molar-refractivity contribution >= 4 is 23.2 Å². The summed E-state index contributed by atoms with van der Waals surface area (Å²) in [6.45, 7) is 8.99. The highest BCUT2D eigenvalue weighted by Gasteiger charge is 2.29. The Kier molecular flexibility index (Phi) is 7.38. The van der Waals surface area contributed by atoms with Crippen molar-refractivity contribution < 1.29 is 14.3 Å². The molecule has 29 heavy (non-hydrogen) atoms. The van der Waals surface area contributed by atoms with E-state index in [4.69, 9.17) is 4.74 Å². The molecule has 2 aromatic heterocycles. The maximum atomic E-state index is 13.1. The van der Waals surface area contributed by atoms with Crippen LogP contribution in [0, 0.1) is 12.8 Å². The number of carbonyl (C=O) groups is 2. The van der Waals surface area contributed by atoms with Crippen LogP contribution >= 0.6 is 11.3 Å². The predicted octanol–water partition coefficient (Wildman–Crippen LogP) is 2.07. The normalized spacial score (nSPS) is 17.4. The van der Waals surface area contributed by atoms with Crippen LogP contribution in [0.3, 0.4) is 0 Å². The zero-order chi connectivity index (χ0) is 20.8. The van der Waals surface area contributed by atoms with Gasteiger partial charge in [0.25, 0.3) is 5.91 Å². The van der Waals surface area contributed by atoms with Gasteiger partial charge in [-0.05, 0) is 13.3 Å². The van der Waals surface area contributed by atoms with E-state index in [2.05, 4.69) is 29.1 Å². The third kappa shape index (κ3) is 5.63. The molecule has 1 unspecified atom stereocenters. The molecule has 0 saturated carbocycles. The zero-order valence-electron chi connectivity index (χ0n) is 17.3. The molecule has 0 aliphatic carbocycles. The highest BCUT2D eigenvalue weighted by molar-refractivity contribution is 7.13. The largest absolute Gasteiger partial charge is 0.379 e. The lowest BCUT2D eigenvalue weighted by Crippen LogP contribution is -2.42. The standard InChI is InChI=1S/C20H29N5O3S/c1-14(2)19-23-15(3)17(29-19)20(27)25-9-10-28-12-16(11-25)18(26)22-5-4-7-24-8-6-21-13-24/h6,8,13-14,16H,4-5,7,9-12H2,1-3H3,(H,22,26). The van der Waals surface area contributed by atoms with Crippen molar-refractivity contribution in [1.29, 1.82) is 0 Å². The average molecular weight is 420 g/mol. The van der Waals surface area contributed by atoms with E-state index in [1.54, 1.807) is 17.4 Å². The maximum absolute atomic E-state index is 13.1. The number of hydrogen-bond acceptors (Lipinski definition) is 6. The number of amides is 2. The van der Waals surface area contributed by atoms with Gasteiger partial charge in [0.2, 0.25) is 5.91 Å². The fourth-order valence-corrected chi connectivity index (χ4v) is 4.23. The van der Waals surface area contributed by atoms with Crippen LogP contribution in [0.5, 0.6) is 0 Å². The Bertz CT molecular complexity index is 818. The van der Waals surface area contributed by atoms with Gasteiger partial charge >= 0.3 is 0 Å². The summed E-state index contributed by atoms with van der Waals surface area (Å²) in [5.41, 5.74) is 0.759. The number of carbonyl (C=O) groups excluding carboxylic acids is 2. The van der Waals surface area contributed by atoms with E-state index >= 15 is 0 Å². The smallest absolute Gasteiger partial charge is 0.265 e. The van der Waals surface area contributed by atoms with Crippen molar-refractivity contribution in [3.8, 4) is 0 Å². The molecular formula is C20H29N5O3S. The van der Waals surface area contributed by atoms with Crippen LogP contribution in [0.2, 0.25) is 0 Å². The number of hydrogen-bond donors (Lipinski definition) is 1. The third-order valence-corrected chi connectivity index (χ3v) is 6.32. The van der Waals surface area contributed by atoms with Gasteiger partial charge < -0.3 is 19.5 Å². The number of rotatable bonds is 7. The molecule has 8 nitrogen and oxygen atoms in total. The number of nitrogens with one attached hydrogen (secondary N) is 1. The van der Waals surface area contributed by atoms with Crippen molar-refractivity contribution in [2.24, 2.45) is 5.92 Å². The Labute approximate surface area is 175 Å². The number of thiazole rings is 1. The van der Waals surface area contributed by atoms with Crippen LogP contribution in [0.25, 0.3) is 0 Å². The Morgan fingerprint density at radius 2 is 2.24 bits per heavy atom. The molecule has 1 N–H and O–H groups in total. The minimum atomic E-state index is -0.368. The molecule has 158 valence electrons. The van der Waals surface area contributed by atoms with Crippen LogP contribution in [0.1, 0.15) is 46.6 Å². The first kappa shape index (κ1) is 21.4. The van der Waals surface area contributed by atoms with Gasteiger partial charge in [0.05, 0.1) is 36.2 Å². The van der Waals surface area contributed by atoms with Gasteiger partial charge in [-0.3, -0.25) is 9.59 Å². The number of nitrogens with zero attached hydrogens (tertiary/aromatic N) is 4. The van der Waals surface area contributed by atoms with Crippen LogP contribution in [0.15, 0.2) is 18.7 Å². The van der Waals surface area contributed by atoms with Gasteiger partial charge in [-0.25, -0.2) is 9.97 Å². The summed E-state index contributed by atoms with van der Waals surface area (Å²) < 4.78 is 7.58. The third-order valence-electron chi connectivity index (χ3n) is 4.88. The minimum absolute atomic E-state index is 0.0599. The van der Waals surface area contributed by atoms with E-state index in [1.165, 1.54) is 11.3 Å². The topological polar surface area (TPSA) is 89.4 Å². The van der Waals surface area contributed by atoms with Crippen molar-refractivity contribution in [2.45, 2.75) is 39.7 Å². The Balaban J connectivity index is 1.55. The van der Waals surface area contributed by atoms with Gasteiger partial charge in [-0.2, -0.15) is 0 Å². The summed E-state index contributed by atoms with van der Waals surface area (Å²) in [7, 11) is 0. The van der Waals surface area contributed by atoms with Crippen molar-refractivity contribution in [2.75, 3.05) is 32.8 Å². The molecule has 1 aliphatic rings. The Hall–Kier alpha value is -2.26. The van der Waals surface area contributed by atoms with E-state index in [1.807, 2.05) is 17.7 Å². The van der Waals surface area contributed by atoms with Crippen molar-refractivity contribution in [3.63, 3.8) is 0 Å². The fraction of sp³-hybridized carbons (Fsp3) is 0.600. The van der Waals surface area contributed by atoms with Gasteiger partial charge in [-0.15, -0.1) is 11.3 Å². The molecule has 0 bridgehead atoms. The summed E-state index contributed by atoms with van der Waals surface area (Å²) in [5, 5.41) is 3.93. The molecule has 1 saturated heterocycles. The highest BCUT2D eigenvalue weighted by Crippen LogP contribution is 2.26. The van der Waals surface area contributed by atoms with E-state index in [0.29, 0.717) is 37.7 Å². The van der Waals surface area contributed by atoms with E-state index in [0.717, 1.165) is 23.7 Å². The van der Waals surface area contributed by atoms with E-state index in [-0.39, 0.29) is 23.7 Å². The second kappa shape index (κ2) is 9.98. The number of aromatic nitrogens is 3. The lowest BCUT2D eigenvalue weighted by molar-refractivity contribution is -0.126. The molecule has 0 aromatic carbocycles. The van der Waals surface area contributed by atoms with Gasteiger partial charge in [-0.1, -0.05) is 13.8 Å². The predicted molar refractivity (Wildman–Crippen MR) is 111 cm³/mol.